The first-order valence-electron chi connectivity index (χ1n) is 4.02. The normalized spacial score (nSPS) is 10.1. The van der Waals surface area contributed by atoms with Crippen molar-refractivity contribution in [2.75, 3.05) is 0 Å². The van der Waals surface area contributed by atoms with Gasteiger partial charge in [-0.2, -0.15) is 10.5 Å². The molecule has 1 aromatic carbocycles. The summed E-state index contributed by atoms with van der Waals surface area (Å²) in [5, 5.41) is 25.7. The van der Waals surface area contributed by atoms with Gasteiger partial charge in [0.05, 0.1) is 11.6 Å². The van der Waals surface area contributed by atoms with Crippen molar-refractivity contribution in [2.24, 2.45) is 0 Å². The van der Waals surface area contributed by atoms with E-state index < -0.39 is 5.97 Å². The molecule has 0 saturated carbocycles. The predicted octanol–water partition coefficient (Wildman–Crippen LogP) is 1.55. The number of hydrogen-bond donors (Lipinski definition) is 1. The zero-order chi connectivity index (χ0) is 11.3. The molecule has 0 unspecified atom stereocenters. The molecule has 0 spiro atoms. The van der Waals surface area contributed by atoms with Crippen molar-refractivity contribution in [1.82, 2.24) is 0 Å². The van der Waals surface area contributed by atoms with Crippen molar-refractivity contribution in [3.05, 3.63) is 41.0 Å². The Hall–Kier alpha value is -2.59. The number of hydrogen-bond acceptors (Lipinski definition) is 3. The van der Waals surface area contributed by atoms with Gasteiger partial charge in [0.2, 0.25) is 0 Å². The standard InChI is InChI=1S/C11H6N2O2/c12-6-9-3-1-2-8(4-9)5-10(7-13)11(14)15/h1-5H,(H,14,15)/b10-5+. The molecular weight excluding hydrogens is 192 g/mol. The zero-order valence-corrected chi connectivity index (χ0v) is 7.64. The van der Waals surface area contributed by atoms with Gasteiger partial charge in [-0.15, -0.1) is 0 Å². The minimum atomic E-state index is -1.28. The van der Waals surface area contributed by atoms with Crippen LogP contribution in [0.25, 0.3) is 6.08 Å². The van der Waals surface area contributed by atoms with Crippen molar-refractivity contribution in [3.8, 4) is 12.1 Å². The molecule has 0 aliphatic carbocycles. The number of nitriles is 2. The van der Waals surface area contributed by atoms with Crippen LogP contribution >= 0.6 is 0 Å². The van der Waals surface area contributed by atoms with Gasteiger partial charge in [-0.3, -0.25) is 0 Å². The van der Waals surface area contributed by atoms with Gasteiger partial charge >= 0.3 is 5.97 Å². The molecule has 0 aliphatic rings. The number of benzene rings is 1. The highest BCUT2D eigenvalue weighted by Crippen LogP contribution is 2.09. The summed E-state index contributed by atoms with van der Waals surface area (Å²) in [6, 6.07) is 9.86. The van der Waals surface area contributed by atoms with Crippen LogP contribution in [0.15, 0.2) is 29.8 Å². The summed E-state index contributed by atoms with van der Waals surface area (Å²) in [5.41, 5.74) is 0.588. The van der Waals surface area contributed by atoms with E-state index in [9.17, 15) is 4.79 Å². The van der Waals surface area contributed by atoms with Gasteiger partial charge in [0.25, 0.3) is 0 Å². The molecule has 0 fully saturated rings. The van der Waals surface area contributed by atoms with Gasteiger partial charge in [-0.05, 0) is 23.8 Å². The summed E-state index contributed by atoms with van der Waals surface area (Å²) in [6.07, 6.45) is 1.23. The molecule has 1 N–H and O–H groups in total. The third-order valence-electron chi connectivity index (χ3n) is 1.68. The van der Waals surface area contributed by atoms with Gasteiger partial charge in [0, 0.05) is 0 Å². The maximum atomic E-state index is 10.5. The molecule has 0 radical (unpaired) electrons. The third kappa shape index (κ3) is 2.68. The van der Waals surface area contributed by atoms with Crippen LogP contribution in [-0.2, 0) is 4.79 Å². The third-order valence-corrected chi connectivity index (χ3v) is 1.68. The lowest BCUT2D eigenvalue weighted by Gasteiger charge is -1.94. The Morgan fingerprint density at radius 1 is 1.40 bits per heavy atom. The van der Waals surface area contributed by atoms with E-state index in [0.717, 1.165) is 0 Å². The van der Waals surface area contributed by atoms with Crippen LogP contribution in [0.4, 0.5) is 0 Å². The molecule has 0 bridgehead atoms. The van der Waals surface area contributed by atoms with Gasteiger partial charge in [-0.25, -0.2) is 4.79 Å². The van der Waals surface area contributed by atoms with Gasteiger partial charge in [0.1, 0.15) is 11.6 Å². The molecule has 4 nitrogen and oxygen atoms in total. The highest BCUT2D eigenvalue weighted by molar-refractivity contribution is 5.96. The molecule has 0 atom stereocenters. The number of aliphatic carboxylic acids is 1. The summed E-state index contributed by atoms with van der Waals surface area (Å²) in [5.74, 6) is -1.28. The molecule has 1 aromatic rings. The van der Waals surface area contributed by atoms with E-state index in [0.29, 0.717) is 11.1 Å². The molecule has 72 valence electrons. The molecular formula is C11H6N2O2. The van der Waals surface area contributed by atoms with E-state index in [4.69, 9.17) is 15.6 Å². The summed E-state index contributed by atoms with van der Waals surface area (Å²) < 4.78 is 0. The number of carboxylic acids is 1. The van der Waals surface area contributed by atoms with Crippen LogP contribution in [0.3, 0.4) is 0 Å². The second-order valence-corrected chi connectivity index (χ2v) is 2.71. The molecule has 0 aliphatic heterocycles. The van der Waals surface area contributed by atoms with Crippen molar-refractivity contribution in [2.45, 2.75) is 0 Å². The van der Waals surface area contributed by atoms with Crippen LogP contribution in [0.1, 0.15) is 11.1 Å². The van der Waals surface area contributed by atoms with Crippen LogP contribution < -0.4 is 0 Å². The lowest BCUT2D eigenvalue weighted by Crippen LogP contribution is -1.97. The van der Waals surface area contributed by atoms with Crippen molar-refractivity contribution in [3.63, 3.8) is 0 Å². The van der Waals surface area contributed by atoms with E-state index in [1.807, 2.05) is 6.07 Å². The van der Waals surface area contributed by atoms with Crippen molar-refractivity contribution in [1.29, 1.82) is 10.5 Å². The van der Waals surface area contributed by atoms with Crippen LogP contribution in [0, 0.1) is 22.7 Å². The average molecular weight is 198 g/mol. The highest BCUT2D eigenvalue weighted by atomic mass is 16.4. The fourth-order valence-corrected chi connectivity index (χ4v) is 1.01. The van der Waals surface area contributed by atoms with Crippen LogP contribution in [0.5, 0.6) is 0 Å². The average Bonchev–Trinajstić information content (AvgIpc) is 2.25. The molecule has 0 aromatic heterocycles. The molecule has 0 heterocycles. The Morgan fingerprint density at radius 2 is 2.13 bits per heavy atom. The van der Waals surface area contributed by atoms with Gasteiger partial charge in [-0.1, -0.05) is 12.1 Å². The van der Waals surface area contributed by atoms with Gasteiger partial charge in [0.15, 0.2) is 0 Å². The van der Waals surface area contributed by atoms with E-state index >= 15 is 0 Å². The van der Waals surface area contributed by atoms with Crippen molar-refractivity contribution >= 4 is 12.0 Å². The predicted molar refractivity (Wildman–Crippen MR) is 52.4 cm³/mol. The Kier molecular flexibility index (Phi) is 3.21. The first kappa shape index (κ1) is 10.5. The van der Waals surface area contributed by atoms with E-state index in [1.54, 1.807) is 24.3 Å². The lowest BCUT2D eigenvalue weighted by atomic mass is 10.1. The first-order chi connectivity index (χ1) is 7.17. The Balaban J connectivity index is 3.14. The van der Waals surface area contributed by atoms with Crippen LogP contribution in [-0.4, -0.2) is 11.1 Å². The van der Waals surface area contributed by atoms with Crippen LogP contribution in [0.2, 0.25) is 0 Å². The van der Waals surface area contributed by atoms with E-state index in [-0.39, 0.29) is 5.57 Å². The second kappa shape index (κ2) is 4.59. The largest absolute Gasteiger partial charge is 0.477 e. The number of nitrogens with zero attached hydrogens (tertiary/aromatic N) is 2. The fraction of sp³-hybridized carbons (Fsp3) is 0. The van der Waals surface area contributed by atoms with Gasteiger partial charge < -0.3 is 5.11 Å². The minimum absolute atomic E-state index is 0.356. The fourth-order valence-electron chi connectivity index (χ4n) is 1.01. The number of carbonyl (C=O) groups is 1. The second-order valence-electron chi connectivity index (χ2n) is 2.71. The Bertz CT molecular complexity index is 504. The molecule has 0 saturated heterocycles. The highest BCUT2D eigenvalue weighted by Gasteiger charge is 2.05. The Labute approximate surface area is 86.3 Å². The summed E-state index contributed by atoms with van der Waals surface area (Å²) >= 11 is 0. The molecule has 15 heavy (non-hydrogen) atoms. The maximum Gasteiger partial charge on any atom is 0.346 e. The smallest absolute Gasteiger partial charge is 0.346 e. The number of carboxylic acid groups (broad SMARTS) is 1. The van der Waals surface area contributed by atoms with E-state index in [1.165, 1.54) is 12.1 Å². The number of rotatable bonds is 2. The Morgan fingerprint density at radius 3 is 2.67 bits per heavy atom. The van der Waals surface area contributed by atoms with E-state index in [2.05, 4.69) is 0 Å². The monoisotopic (exact) mass is 198 g/mol. The lowest BCUT2D eigenvalue weighted by molar-refractivity contribution is -0.132. The summed E-state index contributed by atoms with van der Waals surface area (Å²) in [7, 11) is 0. The molecule has 0 amide bonds. The zero-order valence-electron chi connectivity index (χ0n) is 7.64. The SMILES string of the molecule is N#C/C(=C\c1cccc(C#N)c1)C(=O)O. The van der Waals surface area contributed by atoms with Crippen molar-refractivity contribution < 1.29 is 9.90 Å². The summed E-state index contributed by atoms with van der Waals surface area (Å²) in [4.78, 5) is 10.5. The molecule has 4 heteroatoms. The minimum Gasteiger partial charge on any atom is -0.477 e. The topological polar surface area (TPSA) is 84.9 Å². The summed E-state index contributed by atoms with van der Waals surface area (Å²) in [6.45, 7) is 0. The first-order valence-corrected chi connectivity index (χ1v) is 4.02. The molecule has 1 rings (SSSR count). The quantitative estimate of drug-likeness (QED) is 0.577. The maximum absolute atomic E-state index is 10.5.